The Hall–Kier alpha value is -4.38. The van der Waals surface area contributed by atoms with Gasteiger partial charge in [-0.1, -0.05) is 78.5 Å². The summed E-state index contributed by atoms with van der Waals surface area (Å²) in [6.07, 6.45) is 9.51. The van der Waals surface area contributed by atoms with Crippen LogP contribution in [0.25, 0.3) is 22.0 Å². The molecule has 6 rings (SSSR count). The Morgan fingerprint density at radius 2 is 1.33 bits per heavy atom. The number of carbonyl (C=O) groups excluding carboxylic acids is 2. The van der Waals surface area contributed by atoms with Crippen LogP contribution in [-0.4, -0.2) is 54.6 Å². The van der Waals surface area contributed by atoms with Gasteiger partial charge in [0.15, 0.2) is 0 Å². The highest BCUT2D eigenvalue weighted by molar-refractivity contribution is 5.88. The molecule has 0 radical (unpaired) electrons. The van der Waals surface area contributed by atoms with E-state index in [9.17, 15) is 9.59 Å². The molecule has 4 heterocycles. The SMILES string of the molecule is CCC(C)C(C)C(=O)N1CCCC1c1ncc(C#Cc2ccc3cc(-c4cnc(C5CCCN5C(=O)C(C)C(C)CC)[nH]4)ccc3c2)[nH]1. The summed E-state index contributed by atoms with van der Waals surface area (Å²) >= 11 is 0. The molecule has 4 aromatic rings. The zero-order valence-electron chi connectivity index (χ0n) is 29.3. The lowest BCUT2D eigenvalue weighted by molar-refractivity contribution is -0.138. The normalized spacial score (nSPS) is 20.4. The maximum absolute atomic E-state index is 13.3. The smallest absolute Gasteiger partial charge is 0.226 e. The molecular formula is C40H50N6O2. The molecule has 8 nitrogen and oxygen atoms in total. The second kappa shape index (κ2) is 14.4. The number of hydrogen-bond donors (Lipinski definition) is 2. The molecule has 252 valence electrons. The highest BCUT2D eigenvalue weighted by atomic mass is 16.2. The maximum atomic E-state index is 13.3. The number of hydrogen-bond acceptors (Lipinski definition) is 4. The number of amides is 2. The van der Waals surface area contributed by atoms with Gasteiger partial charge in [-0.15, -0.1) is 0 Å². The van der Waals surface area contributed by atoms with Gasteiger partial charge in [0, 0.05) is 36.1 Å². The highest BCUT2D eigenvalue weighted by Crippen LogP contribution is 2.35. The van der Waals surface area contributed by atoms with Crippen LogP contribution in [0.1, 0.15) is 115 Å². The summed E-state index contributed by atoms with van der Waals surface area (Å²) in [7, 11) is 0. The van der Waals surface area contributed by atoms with Crippen molar-refractivity contribution in [1.29, 1.82) is 0 Å². The number of rotatable bonds is 9. The van der Waals surface area contributed by atoms with Gasteiger partial charge < -0.3 is 19.8 Å². The van der Waals surface area contributed by atoms with Crippen LogP contribution < -0.4 is 0 Å². The van der Waals surface area contributed by atoms with E-state index in [2.05, 4.69) is 91.7 Å². The number of aromatic amines is 2. The average molecular weight is 647 g/mol. The highest BCUT2D eigenvalue weighted by Gasteiger charge is 2.36. The van der Waals surface area contributed by atoms with Gasteiger partial charge in [0.1, 0.15) is 17.3 Å². The van der Waals surface area contributed by atoms with Crippen LogP contribution in [0, 0.1) is 35.5 Å². The summed E-state index contributed by atoms with van der Waals surface area (Å²) in [4.78, 5) is 46.9. The van der Waals surface area contributed by atoms with E-state index in [1.165, 1.54) is 0 Å². The van der Waals surface area contributed by atoms with Crippen molar-refractivity contribution in [1.82, 2.24) is 29.7 Å². The van der Waals surface area contributed by atoms with Gasteiger partial charge in [-0.2, -0.15) is 0 Å². The Labute approximate surface area is 285 Å². The number of benzene rings is 2. The first kappa shape index (κ1) is 33.5. The van der Waals surface area contributed by atoms with E-state index < -0.39 is 0 Å². The minimum absolute atomic E-state index is 0.00296. The summed E-state index contributed by atoms with van der Waals surface area (Å²) < 4.78 is 0. The van der Waals surface area contributed by atoms with Crippen molar-refractivity contribution in [2.75, 3.05) is 13.1 Å². The Morgan fingerprint density at radius 1 is 0.771 bits per heavy atom. The fourth-order valence-electron chi connectivity index (χ4n) is 7.20. The van der Waals surface area contributed by atoms with Gasteiger partial charge in [0.25, 0.3) is 0 Å². The van der Waals surface area contributed by atoms with Crippen LogP contribution in [0.15, 0.2) is 48.8 Å². The van der Waals surface area contributed by atoms with E-state index in [1.54, 1.807) is 6.20 Å². The molecule has 8 heteroatoms. The molecule has 2 aliphatic heterocycles. The van der Waals surface area contributed by atoms with E-state index in [0.29, 0.717) is 11.8 Å². The molecule has 2 saturated heterocycles. The predicted molar refractivity (Wildman–Crippen MR) is 191 cm³/mol. The van der Waals surface area contributed by atoms with E-state index in [0.717, 1.165) is 96.6 Å². The van der Waals surface area contributed by atoms with Crippen molar-refractivity contribution in [3.63, 3.8) is 0 Å². The summed E-state index contributed by atoms with van der Waals surface area (Å²) in [5.74, 6) is 9.44. The second-order valence-corrected chi connectivity index (χ2v) is 14.1. The molecule has 2 aliphatic rings. The van der Waals surface area contributed by atoms with Crippen molar-refractivity contribution in [2.45, 2.75) is 92.2 Å². The summed E-state index contributed by atoms with van der Waals surface area (Å²) in [6.45, 7) is 14.3. The van der Waals surface area contributed by atoms with Crippen LogP contribution in [-0.2, 0) is 9.59 Å². The van der Waals surface area contributed by atoms with Crippen LogP contribution in [0.5, 0.6) is 0 Å². The van der Waals surface area contributed by atoms with Crippen LogP contribution in [0.4, 0.5) is 0 Å². The van der Waals surface area contributed by atoms with E-state index in [4.69, 9.17) is 4.98 Å². The molecule has 6 unspecified atom stereocenters. The van der Waals surface area contributed by atoms with Gasteiger partial charge in [0.2, 0.25) is 11.8 Å². The monoisotopic (exact) mass is 646 g/mol. The molecule has 2 N–H and O–H groups in total. The number of carbonyl (C=O) groups is 2. The largest absolute Gasteiger partial charge is 0.340 e. The molecule has 2 fully saturated rings. The van der Waals surface area contributed by atoms with Gasteiger partial charge in [0.05, 0.1) is 30.2 Å². The Morgan fingerprint density at radius 3 is 1.96 bits per heavy atom. The molecule has 0 aliphatic carbocycles. The topological polar surface area (TPSA) is 98.0 Å². The molecule has 48 heavy (non-hydrogen) atoms. The van der Waals surface area contributed by atoms with Crippen molar-refractivity contribution < 1.29 is 9.59 Å². The van der Waals surface area contributed by atoms with Crippen molar-refractivity contribution in [2.24, 2.45) is 23.7 Å². The Balaban J connectivity index is 1.14. The zero-order valence-corrected chi connectivity index (χ0v) is 29.3. The number of nitrogens with zero attached hydrogens (tertiary/aromatic N) is 4. The number of H-pyrrole nitrogens is 2. The number of aromatic nitrogens is 4. The molecule has 2 aromatic heterocycles. The van der Waals surface area contributed by atoms with Crippen molar-refractivity contribution in [3.05, 3.63) is 71.7 Å². The van der Waals surface area contributed by atoms with Crippen LogP contribution >= 0.6 is 0 Å². The first-order valence-electron chi connectivity index (χ1n) is 17.9. The third-order valence-corrected chi connectivity index (χ3v) is 11.2. The first-order valence-corrected chi connectivity index (χ1v) is 17.9. The number of fused-ring (bicyclic) bond motifs is 1. The lowest BCUT2D eigenvalue weighted by atomic mass is 9.92. The molecule has 6 atom stereocenters. The van der Waals surface area contributed by atoms with E-state index in [-0.39, 0.29) is 35.7 Å². The standard InChI is InChI=1S/C40H50N6O2/c1-7-25(3)27(5)39(47)45-19-9-11-35(45)37-41-23-33(43-37)18-14-29-13-15-31-22-32(17-16-30(31)21-29)34-24-42-38(44-34)36-12-10-20-46(36)40(48)28(6)26(4)8-2/h13,15-17,21-28,35-36H,7-12,19-20H2,1-6H3,(H,41,43)(H,42,44). The lowest BCUT2D eigenvalue weighted by Crippen LogP contribution is -2.37. The fraction of sp³-hybridized carbons (Fsp3) is 0.500. The third-order valence-electron chi connectivity index (χ3n) is 11.2. The molecule has 0 bridgehead atoms. The quantitative estimate of drug-likeness (QED) is 0.180. The summed E-state index contributed by atoms with van der Waals surface area (Å²) in [5.41, 5.74) is 3.69. The van der Waals surface area contributed by atoms with Gasteiger partial charge in [-0.3, -0.25) is 9.59 Å². The van der Waals surface area contributed by atoms with Crippen LogP contribution in [0.2, 0.25) is 0 Å². The minimum atomic E-state index is -0.0155. The van der Waals surface area contributed by atoms with E-state index in [1.807, 2.05) is 29.0 Å². The zero-order chi connectivity index (χ0) is 33.9. The molecular weight excluding hydrogens is 596 g/mol. The number of likely N-dealkylation sites (tertiary alicyclic amines) is 2. The van der Waals surface area contributed by atoms with Crippen molar-refractivity contribution >= 4 is 22.6 Å². The number of imidazole rings is 2. The van der Waals surface area contributed by atoms with Gasteiger partial charge >= 0.3 is 0 Å². The molecule has 2 aromatic carbocycles. The Kier molecular flexibility index (Phi) is 10.1. The lowest BCUT2D eigenvalue weighted by Gasteiger charge is -2.28. The summed E-state index contributed by atoms with van der Waals surface area (Å²) in [5, 5.41) is 2.23. The third kappa shape index (κ3) is 6.78. The first-order chi connectivity index (χ1) is 23.2. The van der Waals surface area contributed by atoms with Gasteiger partial charge in [-0.25, -0.2) is 9.97 Å². The van der Waals surface area contributed by atoms with Gasteiger partial charge in [-0.05, 0) is 72.4 Å². The Bertz CT molecular complexity index is 1830. The molecule has 2 amide bonds. The number of nitrogens with one attached hydrogen (secondary N) is 2. The molecule has 0 saturated carbocycles. The molecule has 0 spiro atoms. The van der Waals surface area contributed by atoms with E-state index >= 15 is 0 Å². The summed E-state index contributed by atoms with van der Waals surface area (Å²) in [6, 6.07) is 12.6. The minimum Gasteiger partial charge on any atom is -0.340 e. The fourth-order valence-corrected chi connectivity index (χ4v) is 7.20. The van der Waals surface area contributed by atoms with Crippen LogP contribution in [0.3, 0.4) is 0 Å². The average Bonchev–Trinajstić information content (AvgIpc) is 3.94. The maximum Gasteiger partial charge on any atom is 0.226 e. The van der Waals surface area contributed by atoms with Crippen molar-refractivity contribution in [3.8, 4) is 23.1 Å². The second-order valence-electron chi connectivity index (χ2n) is 14.1. The predicted octanol–water partition coefficient (Wildman–Crippen LogP) is 8.04.